The van der Waals surface area contributed by atoms with Gasteiger partial charge in [-0.15, -0.1) is 28.1 Å². The van der Waals surface area contributed by atoms with Crippen molar-refractivity contribution >= 4 is 46.3 Å². The standard InChI is InChI=1S/C18H17ClN4OS2/c1-3-8-23-17(13-9-12(2)25-10-13)21-22-18(23)26-11-16(24)20-15-6-4-14(19)5-7-15/h3-7,9-10H,1,8,11H2,2H3,(H,20,24). The van der Waals surface area contributed by atoms with Crippen molar-refractivity contribution in [1.82, 2.24) is 14.8 Å². The lowest BCUT2D eigenvalue weighted by atomic mass is 10.3. The van der Waals surface area contributed by atoms with Crippen LogP contribution in [0, 0.1) is 6.92 Å². The quantitative estimate of drug-likeness (QED) is 0.450. The van der Waals surface area contributed by atoms with E-state index in [0.717, 1.165) is 11.4 Å². The van der Waals surface area contributed by atoms with Gasteiger partial charge in [-0.25, -0.2) is 0 Å². The van der Waals surface area contributed by atoms with Gasteiger partial charge in [0.25, 0.3) is 0 Å². The normalized spacial score (nSPS) is 10.7. The van der Waals surface area contributed by atoms with Gasteiger partial charge in [-0.2, -0.15) is 0 Å². The Bertz CT molecular complexity index is 918. The van der Waals surface area contributed by atoms with E-state index in [0.29, 0.717) is 22.4 Å². The molecule has 0 spiro atoms. The monoisotopic (exact) mass is 404 g/mol. The Morgan fingerprint density at radius 1 is 1.38 bits per heavy atom. The minimum Gasteiger partial charge on any atom is -0.325 e. The van der Waals surface area contributed by atoms with Crippen LogP contribution in [0.5, 0.6) is 0 Å². The number of rotatable bonds is 7. The maximum absolute atomic E-state index is 12.2. The third-order valence-electron chi connectivity index (χ3n) is 3.48. The topological polar surface area (TPSA) is 59.8 Å². The SMILES string of the molecule is C=CCn1c(SCC(=O)Nc2ccc(Cl)cc2)nnc1-c1csc(C)c1. The third kappa shape index (κ3) is 4.55. The Kier molecular flexibility index (Phi) is 6.13. The number of nitrogens with zero attached hydrogens (tertiary/aromatic N) is 3. The molecule has 0 fully saturated rings. The van der Waals surface area contributed by atoms with Gasteiger partial charge in [0, 0.05) is 33.1 Å². The van der Waals surface area contributed by atoms with Crippen LogP contribution in [0.2, 0.25) is 5.02 Å². The van der Waals surface area contributed by atoms with Crippen molar-refractivity contribution in [3.8, 4) is 11.4 Å². The number of aryl methyl sites for hydroxylation is 1. The van der Waals surface area contributed by atoms with Gasteiger partial charge in [0.2, 0.25) is 5.91 Å². The number of nitrogens with one attached hydrogen (secondary N) is 1. The molecule has 8 heteroatoms. The molecule has 2 aromatic heterocycles. The van der Waals surface area contributed by atoms with E-state index < -0.39 is 0 Å². The molecule has 1 amide bonds. The second-order valence-corrected chi connectivity index (χ2v) is 7.99. The molecule has 3 rings (SSSR count). The third-order valence-corrected chi connectivity index (χ3v) is 5.56. The van der Waals surface area contributed by atoms with Gasteiger partial charge in [-0.1, -0.05) is 29.4 Å². The second-order valence-electron chi connectivity index (χ2n) is 5.50. The number of carbonyl (C=O) groups is 1. The molecule has 0 bridgehead atoms. The van der Waals surface area contributed by atoms with Gasteiger partial charge >= 0.3 is 0 Å². The highest BCUT2D eigenvalue weighted by atomic mass is 35.5. The van der Waals surface area contributed by atoms with Crippen molar-refractivity contribution in [2.75, 3.05) is 11.1 Å². The first-order valence-corrected chi connectivity index (χ1v) is 10.1. The van der Waals surface area contributed by atoms with Crippen LogP contribution in [0.1, 0.15) is 4.88 Å². The number of halogens is 1. The fourth-order valence-corrected chi connectivity index (χ4v) is 3.88. The van der Waals surface area contributed by atoms with E-state index in [1.165, 1.54) is 16.6 Å². The molecular weight excluding hydrogens is 388 g/mol. The highest BCUT2D eigenvalue weighted by molar-refractivity contribution is 7.99. The van der Waals surface area contributed by atoms with Crippen molar-refractivity contribution < 1.29 is 4.79 Å². The van der Waals surface area contributed by atoms with Crippen LogP contribution in [-0.2, 0) is 11.3 Å². The molecule has 0 saturated carbocycles. The molecule has 0 aliphatic carbocycles. The Balaban J connectivity index is 1.69. The molecule has 1 N–H and O–H groups in total. The Morgan fingerprint density at radius 2 is 2.15 bits per heavy atom. The van der Waals surface area contributed by atoms with Crippen LogP contribution in [0.25, 0.3) is 11.4 Å². The summed E-state index contributed by atoms with van der Waals surface area (Å²) in [7, 11) is 0. The zero-order valence-corrected chi connectivity index (χ0v) is 16.5. The molecule has 1 aromatic carbocycles. The van der Waals surface area contributed by atoms with Crippen LogP contribution in [0.3, 0.4) is 0 Å². The molecule has 0 aliphatic heterocycles. The molecule has 26 heavy (non-hydrogen) atoms. The van der Waals surface area contributed by atoms with Crippen LogP contribution in [-0.4, -0.2) is 26.4 Å². The highest BCUT2D eigenvalue weighted by Gasteiger charge is 2.15. The van der Waals surface area contributed by atoms with Crippen molar-refractivity contribution in [2.24, 2.45) is 0 Å². The molecule has 0 saturated heterocycles. The average molecular weight is 405 g/mol. The maximum atomic E-state index is 12.2. The predicted octanol–water partition coefficient (Wildman–Crippen LogP) is 4.89. The summed E-state index contributed by atoms with van der Waals surface area (Å²) in [5, 5.41) is 14.8. The summed E-state index contributed by atoms with van der Waals surface area (Å²) in [6, 6.07) is 9.08. The first-order chi connectivity index (χ1) is 12.6. The number of carbonyl (C=O) groups excluding carboxylic acids is 1. The first-order valence-electron chi connectivity index (χ1n) is 7.84. The molecule has 0 atom stereocenters. The van der Waals surface area contributed by atoms with Crippen LogP contribution < -0.4 is 5.32 Å². The predicted molar refractivity (Wildman–Crippen MR) is 109 cm³/mol. The van der Waals surface area contributed by atoms with Gasteiger partial charge in [-0.3, -0.25) is 9.36 Å². The zero-order valence-electron chi connectivity index (χ0n) is 14.1. The smallest absolute Gasteiger partial charge is 0.234 e. The molecule has 134 valence electrons. The molecule has 2 heterocycles. The summed E-state index contributed by atoms with van der Waals surface area (Å²) in [6.45, 7) is 6.44. The molecule has 0 aliphatic rings. The second kappa shape index (κ2) is 8.53. The van der Waals surface area contributed by atoms with E-state index in [1.54, 1.807) is 41.7 Å². The molecule has 5 nitrogen and oxygen atoms in total. The number of anilines is 1. The number of amides is 1. The summed E-state index contributed by atoms with van der Waals surface area (Å²) >= 11 is 8.86. The Morgan fingerprint density at radius 3 is 2.81 bits per heavy atom. The summed E-state index contributed by atoms with van der Waals surface area (Å²) in [5.41, 5.74) is 1.74. The number of thiophene rings is 1. The summed E-state index contributed by atoms with van der Waals surface area (Å²) in [5.74, 6) is 0.911. The van der Waals surface area contributed by atoms with Gasteiger partial charge in [0.1, 0.15) is 0 Å². The zero-order chi connectivity index (χ0) is 18.5. The van der Waals surface area contributed by atoms with Crippen LogP contribution in [0.4, 0.5) is 5.69 Å². The van der Waals surface area contributed by atoms with E-state index in [1.807, 2.05) is 4.57 Å². The Hall–Kier alpha value is -2.09. The van der Waals surface area contributed by atoms with E-state index in [-0.39, 0.29) is 11.7 Å². The van der Waals surface area contributed by atoms with Gasteiger partial charge in [-0.05, 0) is 37.3 Å². The first kappa shape index (κ1) is 18.7. The lowest BCUT2D eigenvalue weighted by Crippen LogP contribution is -2.14. The van der Waals surface area contributed by atoms with Crippen molar-refractivity contribution in [3.63, 3.8) is 0 Å². The number of aromatic nitrogens is 3. The Labute approximate surface area is 165 Å². The van der Waals surface area contributed by atoms with E-state index >= 15 is 0 Å². The van der Waals surface area contributed by atoms with Gasteiger partial charge in [0.15, 0.2) is 11.0 Å². The van der Waals surface area contributed by atoms with Crippen LogP contribution in [0.15, 0.2) is 53.5 Å². The molecule has 0 unspecified atom stereocenters. The summed E-state index contributed by atoms with van der Waals surface area (Å²) < 4.78 is 1.97. The number of hydrogen-bond acceptors (Lipinski definition) is 5. The molecule has 3 aromatic rings. The highest BCUT2D eigenvalue weighted by Crippen LogP contribution is 2.27. The lowest BCUT2D eigenvalue weighted by Gasteiger charge is -2.07. The van der Waals surface area contributed by atoms with E-state index in [9.17, 15) is 4.79 Å². The average Bonchev–Trinajstić information content (AvgIpc) is 3.22. The summed E-state index contributed by atoms with van der Waals surface area (Å²) in [4.78, 5) is 13.4. The van der Waals surface area contributed by atoms with E-state index in [2.05, 4.69) is 40.5 Å². The van der Waals surface area contributed by atoms with Crippen molar-refractivity contribution in [2.45, 2.75) is 18.6 Å². The largest absolute Gasteiger partial charge is 0.325 e. The van der Waals surface area contributed by atoms with Gasteiger partial charge in [0.05, 0.1) is 5.75 Å². The van der Waals surface area contributed by atoms with Gasteiger partial charge < -0.3 is 5.32 Å². The number of thioether (sulfide) groups is 1. The van der Waals surface area contributed by atoms with Crippen LogP contribution >= 0.6 is 34.7 Å². The fraction of sp³-hybridized carbons (Fsp3) is 0.167. The number of benzene rings is 1. The minimum atomic E-state index is -0.113. The fourth-order valence-electron chi connectivity index (χ4n) is 2.32. The molecular formula is C18H17ClN4OS2. The number of hydrogen-bond donors (Lipinski definition) is 1. The summed E-state index contributed by atoms with van der Waals surface area (Å²) in [6.07, 6.45) is 1.80. The number of allylic oxidation sites excluding steroid dienone is 1. The molecule has 0 radical (unpaired) electrons. The van der Waals surface area contributed by atoms with E-state index in [4.69, 9.17) is 11.6 Å². The lowest BCUT2D eigenvalue weighted by molar-refractivity contribution is -0.113. The minimum absolute atomic E-state index is 0.113. The van der Waals surface area contributed by atoms with Crippen molar-refractivity contribution in [3.05, 3.63) is 58.3 Å². The van der Waals surface area contributed by atoms with Crippen molar-refractivity contribution in [1.29, 1.82) is 0 Å². The maximum Gasteiger partial charge on any atom is 0.234 e.